The third-order valence-electron chi connectivity index (χ3n) is 3.98. The van der Waals surface area contributed by atoms with Gasteiger partial charge in [0.25, 0.3) is 5.91 Å². The van der Waals surface area contributed by atoms with Gasteiger partial charge in [0.1, 0.15) is 0 Å². The normalized spacial score (nSPS) is 15.0. The Morgan fingerprint density at radius 1 is 1.22 bits per heavy atom. The van der Waals surface area contributed by atoms with E-state index in [-0.39, 0.29) is 24.4 Å². The first kappa shape index (κ1) is 17.6. The number of hydrogen-bond acceptors (Lipinski definition) is 3. The summed E-state index contributed by atoms with van der Waals surface area (Å²) in [6.45, 7) is 2.63. The minimum absolute atomic E-state index is 0.0874. The molecule has 0 radical (unpaired) electrons. The summed E-state index contributed by atoms with van der Waals surface area (Å²) in [7, 11) is 0. The second-order valence-corrected chi connectivity index (χ2v) is 6.22. The molecule has 1 aliphatic carbocycles. The Bertz CT molecular complexity index is 557. The Hall–Kier alpha value is -1.75. The number of hydrogen-bond donors (Lipinski definition) is 3. The van der Waals surface area contributed by atoms with Crippen LogP contribution in [0.25, 0.3) is 0 Å². The van der Waals surface area contributed by atoms with E-state index in [0.29, 0.717) is 22.8 Å². The first-order chi connectivity index (χ1) is 11.1. The number of likely N-dealkylation sites (N-methyl/N-ethyl adjacent to an activating group) is 1. The summed E-state index contributed by atoms with van der Waals surface area (Å²) in [6, 6.07) is 5.37. The Labute approximate surface area is 142 Å². The smallest absolute Gasteiger partial charge is 0.253 e. The van der Waals surface area contributed by atoms with Crippen molar-refractivity contribution in [2.45, 2.75) is 45.1 Å². The van der Waals surface area contributed by atoms with E-state index in [1.54, 1.807) is 18.2 Å². The Balaban J connectivity index is 1.98. The molecule has 0 aromatic heterocycles. The van der Waals surface area contributed by atoms with E-state index in [1.807, 2.05) is 6.92 Å². The van der Waals surface area contributed by atoms with E-state index in [9.17, 15) is 9.59 Å². The van der Waals surface area contributed by atoms with Gasteiger partial charge in [-0.2, -0.15) is 0 Å². The van der Waals surface area contributed by atoms with Crippen LogP contribution < -0.4 is 16.0 Å². The quantitative estimate of drug-likeness (QED) is 0.747. The van der Waals surface area contributed by atoms with Crippen molar-refractivity contribution in [3.63, 3.8) is 0 Å². The fourth-order valence-corrected chi connectivity index (χ4v) is 2.96. The van der Waals surface area contributed by atoms with Gasteiger partial charge < -0.3 is 16.0 Å². The van der Waals surface area contributed by atoms with Gasteiger partial charge in [0.15, 0.2) is 0 Å². The van der Waals surface area contributed by atoms with Crippen molar-refractivity contribution in [1.82, 2.24) is 10.6 Å². The van der Waals surface area contributed by atoms with Crippen LogP contribution in [0.2, 0.25) is 5.02 Å². The average molecular weight is 338 g/mol. The summed E-state index contributed by atoms with van der Waals surface area (Å²) in [5.74, 6) is -0.237. The monoisotopic (exact) mass is 337 g/mol. The van der Waals surface area contributed by atoms with Crippen molar-refractivity contribution in [1.29, 1.82) is 0 Å². The number of carbonyl (C=O) groups excluding carboxylic acids is 2. The molecule has 0 unspecified atom stereocenters. The Morgan fingerprint density at radius 2 is 1.96 bits per heavy atom. The van der Waals surface area contributed by atoms with Crippen molar-refractivity contribution >= 4 is 29.1 Å². The van der Waals surface area contributed by atoms with Gasteiger partial charge in [0.05, 0.1) is 17.1 Å². The lowest BCUT2D eigenvalue weighted by Gasteiger charge is -2.23. The van der Waals surface area contributed by atoms with Gasteiger partial charge in [-0.15, -0.1) is 0 Å². The molecule has 0 bridgehead atoms. The van der Waals surface area contributed by atoms with Gasteiger partial charge >= 0.3 is 0 Å². The molecule has 126 valence electrons. The van der Waals surface area contributed by atoms with Crippen LogP contribution in [0.4, 0.5) is 5.69 Å². The van der Waals surface area contributed by atoms with Crippen LogP contribution in [0.3, 0.4) is 0 Å². The molecule has 0 saturated heterocycles. The van der Waals surface area contributed by atoms with Crippen molar-refractivity contribution < 1.29 is 9.59 Å². The highest BCUT2D eigenvalue weighted by atomic mass is 35.5. The Kier molecular flexibility index (Phi) is 6.71. The third-order valence-corrected chi connectivity index (χ3v) is 4.31. The molecule has 0 aliphatic heterocycles. The molecule has 0 heterocycles. The first-order valence-electron chi connectivity index (χ1n) is 8.21. The van der Waals surface area contributed by atoms with Crippen molar-refractivity contribution in [3.8, 4) is 0 Å². The summed E-state index contributed by atoms with van der Waals surface area (Å²) in [4.78, 5) is 23.9. The molecule has 23 heavy (non-hydrogen) atoms. The SMILES string of the molecule is CCNC(=O)CNc1ccc(Cl)c(C(=O)NC2CCCCC2)c1. The first-order valence-corrected chi connectivity index (χ1v) is 8.59. The molecule has 0 atom stereocenters. The molecule has 1 fully saturated rings. The largest absolute Gasteiger partial charge is 0.376 e. The van der Waals surface area contributed by atoms with Gasteiger partial charge in [-0.1, -0.05) is 30.9 Å². The zero-order chi connectivity index (χ0) is 16.7. The van der Waals surface area contributed by atoms with Gasteiger partial charge in [-0.3, -0.25) is 9.59 Å². The number of halogens is 1. The molecule has 2 rings (SSSR count). The average Bonchev–Trinajstić information content (AvgIpc) is 2.55. The van der Waals surface area contributed by atoms with E-state index in [2.05, 4.69) is 16.0 Å². The van der Waals surface area contributed by atoms with Crippen LogP contribution in [0, 0.1) is 0 Å². The zero-order valence-electron chi connectivity index (χ0n) is 13.5. The summed E-state index contributed by atoms with van der Waals surface area (Å²) >= 11 is 6.15. The lowest BCUT2D eigenvalue weighted by atomic mass is 9.95. The minimum atomic E-state index is -0.149. The standard InChI is InChI=1S/C17H24ClN3O2/c1-2-19-16(22)11-20-13-8-9-15(18)14(10-13)17(23)21-12-6-4-3-5-7-12/h8-10,12,20H,2-7,11H2,1H3,(H,19,22)(H,21,23). The van der Waals surface area contributed by atoms with E-state index >= 15 is 0 Å². The molecule has 0 spiro atoms. The van der Waals surface area contributed by atoms with E-state index < -0.39 is 0 Å². The number of nitrogens with one attached hydrogen (secondary N) is 3. The number of anilines is 1. The molecule has 1 aromatic carbocycles. The lowest BCUT2D eigenvalue weighted by Crippen LogP contribution is -2.36. The lowest BCUT2D eigenvalue weighted by molar-refractivity contribution is -0.119. The molecule has 1 aromatic rings. The van der Waals surface area contributed by atoms with E-state index in [1.165, 1.54) is 6.42 Å². The highest BCUT2D eigenvalue weighted by Gasteiger charge is 2.18. The highest BCUT2D eigenvalue weighted by Crippen LogP contribution is 2.22. The number of carbonyl (C=O) groups is 2. The van der Waals surface area contributed by atoms with Crippen LogP contribution in [-0.2, 0) is 4.79 Å². The van der Waals surface area contributed by atoms with Crippen LogP contribution in [0.15, 0.2) is 18.2 Å². The third kappa shape index (κ3) is 5.43. The molecule has 6 heteroatoms. The number of benzene rings is 1. The zero-order valence-corrected chi connectivity index (χ0v) is 14.2. The fourth-order valence-electron chi connectivity index (χ4n) is 2.76. The summed E-state index contributed by atoms with van der Waals surface area (Å²) in [6.07, 6.45) is 5.61. The molecular weight excluding hydrogens is 314 g/mol. The van der Waals surface area contributed by atoms with Gasteiger partial charge in [-0.05, 0) is 38.0 Å². The van der Waals surface area contributed by atoms with Crippen LogP contribution >= 0.6 is 11.6 Å². The molecule has 3 N–H and O–H groups in total. The minimum Gasteiger partial charge on any atom is -0.376 e. The maximum absolute atomic E-state index is 12.4. The summed E-state index contributed by atoms with van der Waals surface area (Å²) < 4.78 is 0. The van der Waals surface area contributed by atoms with Gasteiger partial charge in [0, 0.05) is 18.3 Å². The predicted molar refractivity (Wildman–Crippen MR) is 93.0 cm³/mol. The number of amides is 2. The Morgan fingerprint density at radius 3 is 2.65 bits per heavy atom. The maximum atomic E-state index is 12.4. The van der Waals surface area contributed by atoms with Crippen molar-refractivity contribution in [2.75, 3.05) is 18.4 Å². The van der Waals surface area contributed by atoms with Crippen molar-refractivity contribution in [2.24, 2.45) is 0 Å². The van der Waals surface area contributed by atoms with Crippen LogP contribution in [0.1, 0.15) is 49.4 Å². The second kappa shape index (κ2) is 8.77. The predicted octanol–water partition coefficient (Wildman–Crippen LogP) is 2.95. The topological polar surface area (TPSA) is 70.2 Å². The molecular formula is C17H24ClN3O2. The van der Waals surface area contributed by atoms with Crippen LogP contribution in [-0.4, -0.2) is 30.9 Å². The van der Waals surface area contributed by atoms with E-state index in [4.69, 9.17) is 11.6 Å². The molecule has 1 aliphatic rings. The molecule has 2 amide bonds. The fraction of sp³-hybridized carbons (Fsp3) is 0.529. The van der Waals surface area contributed by atoms with E-state index in [0.717, 1.165) is 25.7 Å². The molecule has 5 nitrogen and oxygen atoms in total. The maximum Gasteiger partial charge on any atom is 0.253 e. The number of rotatable bonds is 6. The second-order valence-electron chi connectivity index (χ2n) is 5.81. The van der Waals surface area contributed by atoms with Gasteiger partial charge in [-0.25, -0.2) is 0 Å². The highest BCUT2D eigenvalue weighted by molar-refractivity contribution is 6.34. The van der Waals surface area contributed by atoms with Crippen LogP contribution in [0.5, 0.6) is 0 Å². The summed E-state index contributed by atoms with van der Waals surface area (Å²) in [5, 5.41) is 9.19. The van der Waals surface area contributed by atoms with Gasteiger partial charge in [0.2, 0.25) is 5.91 Å². The van der Waals surface area contributed by atoms with Crippen molar-refractivity contribution in [3.05, 3.63) is 28.8 Å². The summed E-state index contributed by atoms with van der Waals surface area (Å²) in [5.41, 5.74) is 1.15. The molecule has 1 saturated carbocycles.